The minimum atomic E-state index is 0.0659. The van der Waals surface area contributed by atoms with Gasteiger partial charge in [-0.1, -0.05) is 13.0 Å². The highest BCUT2D eigenvalue weighted by Gasteiger charge is 2.26. The molecule has 1 aliphatic carbocycles. The van der Waals surface area contributed by atoms with E-state index in [9.17, 15) is 4.79 Å². The Kier molecular flexibility index (Phi) is 4.66. The molecule has 19 heavy (non-hydrogen) atoms. The van der Waals surface area contributed by atoms with Crippen LogP contribution in [0.4, 0.5) is 5.69 Å². The van der Waals surface area contributed by atoms with Gasteiger partial charge in [-0.3, -0.25) is 4.79 Å². The molecule has 1 aromatic rings. The Morgan fingerprint density at radius 2 is 2.26 bits per heavy atom. The molecule has 1 amide bonds. The first-order valence-corrected chi connectivity index (χ1v) is 6.95. The van der Waals surface area contributed by atoms with E-state index in [4.69, 9.17) is 10.5 Å². The number of benzene rings is 1. The molecular weight excluding hydrogens is 240 g/mol. The van der Waals surface area contributed by atoms with Crippen molar-refractivity contribution in [2.24, 2.45) is 5.92 Å². The highest BCUT2D eigenvalue weighted by molar-refractivity contribution is 5.77. The summed E-state index contributed by atoms with van der Waals surface area (Å²) < 4.78 is 5.51. The third-order valence-electron chi connectivity index (χ3n) is 3.24. The van der Waals surface area contributed by atoms with Gasteiger partial charge < -0.3 is 15.4 Å². The molecular formula is C15H22N2O2. The number of nitrogen functional groups attached to an aromatic ring is 1. The first kappa shape index (κ1) is 13.7. The molecule has 1 fully saturated rings. The number of nitrogens with two attached hydrogens (primary N) is 1. The van der Waals surface area contributed by atoms with Crippen LogP contribution in [0, 0.1) is 5.92 Å². The van der Waals surface area contributed by atoms with Crippen LogP contribution in [0.2, 0.25) is 0 Å². The molecule has 4 heteroatoms. The normalized spacial score (nSPS) is 14.2. The lowest BCUT2D eigenvalue weighted by molar-refractivity contribution is -0.133. The molecule has 104 valence electrons. The quantitative estimate of drug-likeness (QED) is 0.767. The summed E-state index contributed by atoms with van der Waals surface area (Å²) in [7, 11) is 0. The van der Waals surface area contributed by atoms with E-state index in [-0.39, 0.29) is 12.5 Å². The second-order valence-corrected chi connectivity index (χ2v) is 5.14. The van der Waals surface area contributed by atoms with Crippen LogP contribution in [0.25, 0.3) is 0 Å². The minimum absolute atomic E-state index is 0.0659. The maximum atomic E-state index is 12.1. The van der Waals surface area contributed by atoms with Crippen molar-refractivity contribution in [3.63, 3.8) is 0 Å². The Morgan fingerprint density at radius 3 is 2.89 bits per heavy atom. The van der Waals surface area contributed by atoms with Crippen LogP contribution in [0.5, 0.6) is 5.75 Å². The van der Waals surface area contributed by atoms with Crippen molar-refractivity contribution >= 4 is 11.6 Å². The summed E-state index contributed by atoms with van der Waals surface area (Å²) in [4.78, 5) is 14.0. The Bertz CT molecular complexity index is 430. The van der Waals surface area contributed by atoms with Crippen LogP contribution in [0.3, 0.4) is 0 Å². The second kappa shape index (κ2) is 6.45. The molecule has 0 spiro atoms. The highest BCUT2D eigenvalue weighted by atomic mass is 16.5. The molecule has 1 aliphatic rings. The third kappa shape index (κ3) is 4.47. The molecule has 0 bridgehead atoms. The molecule has 0 aliphatic heterocycles. The summed E-state index contributed by atoms with van der Waals surface area (Å²) in [6.45, 7) is 3.88. The molecule has 2 N–H and O–H groups in total. The summed E-state index contributed by atoms with van der Waals surface area (Å²) >= 11 is 0. The Balaban J connectivity index is 1.83. The average Bonchev–Trinajstić information content (AvgIpc) is 3.19. The number of carbonyl (C=O) groups excluding carboxylic acids is 1. The van der Waals surface area contributed by atoms with Gasteiger partial charge in [0.2, 0.25) is 0 Å². The maximum absolute atomic E-state index is 12.1. The molecule has 4 nitrogen and oxygen atoms in total. The van der Waals surface area contributed by atoms with Crippen molar-refractivity contribution in [3.8, 4) is 5.75 Å². The largest absolute Gasteiger partial charge is 0.484 e. The van der Waals surface area contributed by atoms with Gasteiger partial charge in [0.25, 0.3) is 5.91 Å². The average molecular weight is 262 g/mol. The number of nitrogens with zero attached hydrogens (tertiary/aromatic N) is 1. The van der Waals surface area contributed by atoms with Gasteiger partial charge in [0.1, 0.15) is 5.75 Å². The molecule has 0 heterocycles. The Hall–Kier alpha value is -1.71. The standard InChI is InChI=1S/C15H22N2O2/c1-2-8-17(10-12-6-7-12)15(18)11-19-14-5-3-4-13(16)9-14/h3-5,9,12H,2,6-8,10-11,16H2,1H3. The lowest BCUT2D eigenvalue weighted by atomic mass is 10.3. The van der Waals surface area contributed by atoms with E-state index in [0.717, 1.165) is 19.5 Å². The van der Waals surface area contributed by atoms with Crippen molar-refractivity contribution in [1.82, 2.24) is 4.90 Å². The van der Waals surface area contributed by atoms with Gasteiger partial charge >= 0.3 is 0 Å². The second-order valence-electron chi connectivity index (χ2n) is 5.14. The molecule has 0 aromatic heterocycles. The molecule has 1 saturated carbocycles. The number of anilines is 1. The fraction of sp³-hybridized carbons (Fsp3) is 0.533. The lowest BCUT2D eigenvalue weighted by Gasteiger charge is -2.22. The summed E-state index contributed by atoms with van der Waals surface area (Å²) in [5.74, 6) is 1.43. The third-order valence-corrected chi connectivity index (χ3v) is 3.24. The minimum Gasteiger partial charge on any atom is -0.484 e. The van der Waals surface area contributed by atoms with Crippen LogP contribution in [0.15, 0.2) is 24.3 Å². The van der Waals surface area contributed by atoms with Crippen LogP contribution in [-0.2, 0) is 4.79 Å². The van der Waals surface area contributed by atoms with Gasteiger partial charge in [-0.2, -0.15) is 0 Å². The zero-order valence-electron chi connectivity index (χ0n) is 11.5. The Morgan fingerprint density at radius 1 is 1.47 bits per heavy atom. The van der Waals surface area contributed by atoms with E-state index >= 15 is 0 Å². The Labute approximate surface area is 114 Å². The van der Waals surface area contributed by atoms with Crippen molar-refractivity contribution < 1.29 is 9.53 Å². The first-order chi connectivity index (χ1) is 9.19. The van der Waals surface area contributed by atoms with Crippen LogP contribution < -0.4 is 10.5 Å². The van der Waals surface area contributed by atoms with Crippen molar-refractivity contribution in [3.05, 3.63) is 24.3 Å². The van der Waals surface area contributed by atoms with Crippen LogP contribution >= 0.6 is 0 Å². The predicted molar refractivity (Wildman–Crippen MR) is 75.9 cm³/mol. The molecule has 0 radical (unpaired) electrons. The number of ether oxygens (including phenoxy) is 1. The van der Waals surface area contributed by atoms with Crippen molar-refractivity contribution in [1.29, 1.82) is 0 Å². The topological polar surface area (TPSA) is 55.6 Å². The predicted octanol–water partition coefficient (Wildman–Crippen LogP) is 2.30. The van der Waals surface area contributed by atoms with Crippen molar-refractivity contribution in [2.45, 2.75) is 26.2 Å². The highest BCUT2D eigenvalue weighted by Crippen LogP contribution is 2.29. The summed E-state index contributed by atoms with van der Waals surface area (Å²) in [6.07, 6.45) is 3.49. The summed E-state index contributed by atoms with van der Waals surface area (Å²) in [5, 5.41) is 0. The van der Waals surface area contributed by atoms with Gasteiger partial charge in [0, 0.05) is 24.8 Å². The number of hydrogen-bond acceptors (Lipinski definition) is 3. The van der Waals surface area contributed by atoms with Gasteiger partial charge in [-0.25, -0.2) is 0 Å². The molecule has 1 aromatic carbocycles. The van der Waals surface area contributed by atoms with E-state index in [1.54, 1.807) is 12.1 Å². The van der Waals surface area contributed by atoms with Gasteiger partial charge in [0.05, 0.1) is 0 Å². The van der Waals surface area contributed by atoms with E-state index in [1.807, 2.05) is 17.0 Å². The first-order valence-electron chi connectivity index (χ1n) is 6.95. The monoisotopic (exact) mass is 262 g/mol. The zero-order valence-corrected chi connectivity index (χ0v) is 11.5. The van der Waals surface area contributed by atoms with Crippen LogP contribution in [0.1, 0.15) is 26.2 Å². The molecule has 2 rings (SSSR count). The summed E-state index contributed by atoms with van der Waals surface area (Å²) in [5.41, 5.74) is 6.32. The van der Waals surface area contributed by atoms with E-state index in [0.29, 0.717) is 17.4 Å². The zero-order chi connectivity index (χ0) is 13.7. The smallest absolute Gasteiger partial charge is 0.260 e. The SMILES string of the molecule is CCCN(CC1CC1)C(=O)COc1cccc(N)c1. The van der Waals surface area contributed by atoms with Gasteiger partial charge in [0.15, 0.2) is 6.61 Å². The van der Waals surface area contributed by atoms with E-state index in [1.165, 1.54) is 12.8 Å². The fourth-order valence-corrected chi connectivity index (χ4v) is 2.04. The van der Waals surface area contributed by atoms with Crippen molar-refractivity contribution in [2.75, 3.05) is 25.4 Å². The fourth-order valence-electron chi connectivity index (χ4n) is 2.04. The summed E-state index contributed by atoms with van der Waals surface area (Å²) in [6, 6.07) is 7.17. The molecule has 0 atom stereocenters. The number of carbonyl (C=O) groups is 1. The van der Waals surface area contributed by atoms with E-state index in [2.05, 4.69) is 6.92 Å². The number of amides is 1. The molecule has 0 unspecified atom stereocenters. The van der Waals surface area contributed by atoms with Gasteiger partial charge in [-0.05, 0) is 37.3 Å². The van der Waals surface area contributed by atoms with E-state index < -0.39 is 0 Å². The number of hydrogen-bond donors (Lipinski definition) is 1. The van der Waals surface area contributed by atoms with Crippen LogP contribution in [-0.4, -0.2) is 30.5 Å². The maximum Gasteiger partial charge on any atom is 0.260 e. The van der Waals surface area contributed by atoms with Gasteiger partial charge in [-0.15, -0.1) is 0 Å². The molecule has 0 saturated heterocycles. The number of rotatable bonds is 7. The lowest BCUT2D eigenvalue weighted by Crippen LogP contribution is -2.37.